The van der Waals surface area contributed by atoms with Crippen LogP contribution < -0.4 is 5.32 Å². The SMILES string of the molecule is CCN(CCC(=O)O)C(=O)Nc1c(Cl)ccc2nsnc12. The number of carboxylic acid groups (broad SMARTS) is 1. The summed E-state index contributed by atoms with van der Waals surface area (Å²) in [5, 5.41) is 11.7. The summed E-state index contributed by atoms with van der Waals surface area (Å²) in [6.07, 6.45) is -0.114. The molecule has 2 N–H and O–H groups in total. The molecule has 0 aliphatic carbocycles. The Bertz CT molecular complexity index is 676. The van der Waals surface area contributed by atoms with Crippen LogP contribution in [0.25, 0.3) is 11.0 Å². The highest BCUT2D eigenvalue weighted by Crippen LogP contribution is 2.30. The number of rotatable bonds is 5. The van der Waals surface area contributed by atoms with Gasteiger partial charge in [-0.15, -0.1) is 0 Å². The molecule has 1 heterocycles. The lowest BCUT2D eigenvalue weighted by atomic mass is 10.2. The molecule has 9 heteroatoms. The average Bonchev–Trinajstić information content (AvgIpc) is 2.91. The number of fused-ring (bicyclic) bond motifs is 1. The Balaban J connectivity index is 2.18. The molecular weight excluding hydrogens is 316 g/mol. The second-order valence-corrected chi connectivity index (χ2v) is 5.14. The molecule has 2 amide bonds. The van der Waals surface area contributed by atoms with Crippen LogP contribution >= 0.6 is 23.3 Å². The zero-order chi connectivity index (χ0) is 15.4. The number of nitrogens with one attached hydrogen (secondary N) is 1. The van der Waals surface area contributed by atoms with Gasteiger partial charge in [-0.3, -0.25) is 4.79 Å². The highest BCUT2D eigenvalue weighted by atomic mass is 35.5. The van der Waals surface area contributed by atoms with E-state index >= 15 is 0 Å². The third-order valence-corrected chi connectivity index (χ3v) is 3.73. The van der Waals surface area contributed by atoms with E-state index in [-0.39, 0.29) is 13.0 Å². The van der Waals surface area contributed by atoms with Gasteiger partial charge in [0.2, 0.25) is 0 Å². The summed E-state index contributed by atoms with van der Waals surface area (Å²) in [6, 6.07) is 2.94. The Hall–Kier alpha value is -1.93. The second kappa shape index (κ2) is 6.68. The summed E-state index contributed by atoms with van der Waals surface area (Å²) in [4.78, 5) is 24.2. The number of carbonyl (C=O) groups excluding carboxylic acids is 1. The number of nitrogens with zero attached hydrogens (tertiary/aromatic N) is 3. The Kier molecular flexibility index (Phi) is 4.92. The van der Waals surface area contributed by atoms with E-state index in [1.165, 1.54) is 4.90 Å². The first-order valence-corrected chi connectivity index (χ1v) is 7.32. The van der Waals surface area contributed by atoms with E-state index in [1.807, 2.05) is 0 Å². The maximum absolute atomic E-state index is 12.2. The minimum absolute atomic E-state index is 0.114. The molecule has 0 fully saturated rings. The molecule has 1 aromatic heterocycles. The number of hydrogen-bond donors (Lipinski definition) is 2. The molecule has 1 aromatic carbocycles. The number of carbonyl (C=O) groups is 2. The third-order valence-electron chi connectivity index (χ3n) is 2.87. The second-order valence-electron chi connectivity index (χ2n) is 4.21. The van der Waals surface area contributed by atoms with Crippen LogP contribution in [0.5, 0.6) is 0 Å². The van der Waals surface area contributed by atoms with Crippen molar-refractivity contribution in [3.63, 3.8) is 0 Å². The number of halogens is 1. The van der Waals surface area contributed by atoms with Gasteiger partial charge >= 0.3 is 12.0 Å². The Morgan fingerprint density at radius 1 is 1.43 bits per heavy atom. The molecule has 7 nitrogen and oxygen atoms in total. The number of aromatic nitrogens is 2. The van der Waals surface area contributed by atoms with E-state index < -0.39 is 12.0 Å². The number of anilines is 1. The van der Waals surface area contributed by atoms with Gasteiger partial charge < -0.3 is 15.3 Å². The molecular formula is C12H13ClN4O3S. The summed E-state index contributed by atoms with van der Waals surface area (Å²) in [7, 11) is 0. The van der Waals surface area contributed by atoms with Gasteiger partial charge in [-0.1, -0.05) is 11.6 Å². The number of aliphatic carboxylic acids is 1. The number of hydrogen-bond acceptors (Lipinski definition) is 5. The van der Waals surface area contributed by atoms with Crippen molar-refractivity contribution < 1.29 is 14.7 Å². The van der Waals surface area contributed by atoms with Gasteiger partial charge in [0, 0.05) is 13.1 Å². The van der Waals surface area contributed by atoms with E-state index in [1.54, 1.807) is 19.1 Å². The van der Waals surface area contributed by atoms with Crippen molar-refractivity contribution in [2.24, 2.45) is 0 Å². The maximum Gasteiger partial charge on any atom is 0.321 e. The Morgan fingerprint density at radius 3 is 2.86 bits per heavy atom. The predicted molar refractivity (Wildman–Crippen MR) is 80.9 cm³/mol. The molecule has 0 saturated heterocycles. The summed E-state index contributed by atoms with van der Waals surface area (Å²) < 4.78 is 8.19. The highest BCUT2D eigenvalue weighted by molar-refractivity contribution is 7.00. The highest BCUT2D eigenvalue weighted by Gasteiger charge is 2.17. The smallest absolute Gasteiger partial charge is 0.321 e. The molecule has 0 saturated carbocycles. The molecule has 112 valence electrons. The van der Waals surface area contributed by atoms with Gasteiger partial charge in [0.25, 0.3) is 0 Å². The van der Waals surface area contributed by atoms with Crippen molar-refractivity contribution in [3.05, 3.63) is 17.2 Å². The van der Waals surface area contributed by atoms with Crippen LogP contribution in [0.4, 0.5) is 10.5 Å². The lowest BCUT2D eigenvalue weighted by Gasteiger charge is -2.20. The van der Waals surface area contributed by atoms with E-state index in [9.17, 15) is 9.59 Å². The van der Waals surface area contributed by atoms with Crippen LogP contribution in [0.2, 0.25) is 5.02 Å². The Labute approximate surface area is 129 Å². The van der Waals surface area contributed by atoms with Crippen molar-refractivity contribution >= 4 is 52.1 Å². The van der Waals surface area contributed by atoms with Gasteiger partial charge in [-0.25, -0.2) is 4.79 Å². The van der Waals surface area contributed by atoms with Crippen molar-refractivity contribution in [3.8, 4) is 0 Å². The average molecular weight is 329 g/mol. The van der Waals surface area contributed by atoms with Crippen LogP contribution in [0.15, 0.2) is 12.1 Å². The molecule has 0 unspecified atom stereocenters. The Morgan fingerprint density at radius 2 is 2.19 bits per heavy atom. The first-order valence-electron chi connectivity index (χ1n) is 6.21. The summed E-state index contributed by atoms with van der Waals surface area (Å²) in [6.45, 7) is 2.29. The van der Waals surface area contributed by atoms with Gasteiger partial charge in [-0.2, -0.15) is 8.75 Å². The van der Waals surface area contributed by atoms with Crippen molar-refractivity contribution in [1.29, 1.82) is 0 Å². The van der Waals surface area contributed by atoms with Crippen LogP contribution in [0.3, 0.4) is 0 Å². The minimum Gasteiger partial charge on any atom is -0.481 e. The van der Waals surface area contributed by atoms with Crippen LogP contribution in [0, 0.1) is 0 Å². The number of carboxylic acids is 1. The van der Waals surface area contributed by atoms with Crippen molar-refractivity contribution in [1.82, 2.24) is 13.6 Å². The molecule has 2 rings (SSSR count). The number of urea groups is 1. The van der Waals surface area contributed by atoms with E-state index in [2.05, 4.69) is 14.1 Å². The van der Waals surface area contributed by atoms with E-state index in [0.717, 1.165) is 11.7 Å². The zero-order valence-corrected chi connectivity index (χ0v) is 12.7. The zero-order valence-electron chi connectivity index (χ0n) is 11.2. The molecule has 0 radical (unpaired) electrons. The van der Waals surface area contributed by atoms with Crippen LogP contribution in [0.1, 0.15) is 13.3 Å². The van der Waals surface area contributed by atoms with Gasteiger partial charge in [0.15, 0.2) is 0 Å². The normalized spacial score (nSPS) is 10.6. The van der Waals surface area contributed by atoms with Gasteiger partial charge in [0.1, 0.15) is 11.0 Å². The fourth-order valence-corrected chi connectivity index (χ4v) is 2.51. The first-order chi connectivity index (χ1) is 10.0. The number of benzene rings is 1. The molecule has 0 aliphatic rings. The molecule has 0 aliphatic heterocycles. The minimum atomic E-state index is -0.954. The van der Waals surface area contributed by atoms with Crippen LogP contribution in [-0.2, 0) is 4.79 Å². The lowest BCUT2D eigenvalue weighted by molar-refractivity contribution is -0.137. The van der Waals surface area contributed by atoms with Crippen molar-refractivity contribution in [2.75, 3.05) is 18.4 Å². The summed E-state index contributed by atoms with van der Waals surface area (Å²) >= 11 is 7.12. The summed E-state index contributed by atoms with van der Waals surface area (Å²) in [5.74, 6) is -0.954. The lowest BCUT2D eigenvalue weighted by Crippen LogP contribution is -2.36. The molecule has 21 heavy (non-hydrogen) atoms. The van der Waals surface area contributed by atoms with E-state index in [4.69, 9.17) is 16.7 Å². The summed E-state index contributed by atoms with van der Waals surface area (Å²) in [5.41, 5.74) is 1.56. The largest absolute Gasteiger partial charge is 0.481 e. The molecule has 0 bridgehead atoms. The van der Waals surface area contributed by atoms with Crippen molar-refractivity contribution in [2.45, 2.75) is 13.3 Å². The van der Waals surface area contributed by atoms with E-state index in [0.29, 0.717) is 28.3 Å². The van der Waals surface area contributed by atoms with Gasteiger partial charge in [0.05, 0.1) is 28.9 Å². The maximum atomic E-state index is 12.2. The third kappa shape index (κ3) is 3.59. The number of amides is 2. The fraction of sp³-hybridized carbons (Fsp3) is 0.333. The fourth-order valence-electron chi connectivity index (χ4n) is 1.77. The topological polar surface area (TPSA) is 95.4 Å². The first kappa shape index (κ1) is 15.5. The van der Waals surface area contributed by atoms with Gasteiger partial charge in [-0.05, 0) is 19.1 Å². The molecule has 2 aromatic rings. The standard InChI is InChI=1S/C12H13ClN4O3S/c1-2-17(6-5-9(18)19)12(20)14-10-7(13)3-4-8-11(10)16-21-15-8/h3-4H,2,5-6H2,1H3,(H,14,20)(H,18,19). The molecule has 0 spiro atoms. The quantitative estimate of drug-likeness (QED) is 0.879. The van der Waals surface area contributed by atoms with Crippen LogP contribution in [-0.4, -0.2) is 43.8 Å². The monoisotopic (exact) mass is 328 g/mol. The molecule has 0 atom stereocenters. The predicted octanol–water partition coefficient (Wildman–Crippen LogP) is 2.67.